The molecule has 1 aromatic carbocycles. The number of halogens is 1. The molecule has 0 radical (unpaired) electrons. The molecule has 1 heterocycles. The minimum Gasteiger partial charge on any atom is -0.369 e. The van der Waals surface area contributed by atoms with Gasteiger partial charge in [-0.05, 0) is 28.1 Å². The van der Waals surface area contributed by atoms with Crippen molar-refractivity contribution in [1.82, 2.24) is 0 Å². The normalized spacial score (nSPS) is 10.3. The van der Waals surface area contributed by atoms with Gasteiger partial charge < -0.3 is 10.3 Å². The summed E-state index contributed by atoms with van der Waals surface area (Å²) in [5.41, 5.74) is 3.70. The van der Waals surface area contributed by atoms with Gasteiger partial charge in [0.15, 0.2) is 0 Å². The molecule has 2 rings (SSSR count). The van der Waals surface area contributed by atoms with Crippen LogP contribution in [0.2, 0.25) is 0 Å². The van der Waals surface area contributed by atoms with Gasteiger partial charge in [-0.2, -0.15) is 0 Å². The highest BCUT2D eigenvalue weighted by atomic mass is 79.9. The van der Waals surface area contributed by atoms with Crippen LogP contribution in [0.5, 0.6) is 0 Å². The van der Waals surface area contributed by atoms with Crippen LogP contribution in [0.25, 0.3) is 0 Å². The van der Waals surface area contributed by atoms with Gasteiger partial charge in [-0.15, -0.1) is 11.3 Å². The van der Waals surface area contributed by atoms with E-state index >= 15 is 0 Å². The van der Waals surface area contributed by atoms with E-state index in [9.17, 15) is 10.1 Å². The number of benzene rings is 1. The molecule has 1 aromatic heterocycles. The number of hydrazine groups is 1. The second-order valence-corrected chi connectivity index (χ2v) is 6.14. The van der Waals surface area contributed by atoms with E-state index in [1.54, 1.807) is 17.4 Å². The lowest BCUT2D eigenvalue weighted by Gasteiger charge is -2.19. The number of nitrogens with one attached hydrogen (secondary N) is 1. The molecule has 0 amide bonds. The zero-order valence-electron chi connectivity index (χ0n) is 10.7. The fourth-order valence-electron chi connectivity index (χ4n) is 1.77. The summed E-state index contributed by atoms with van der Waals surface area (Å²) in [7, 11) is 1.88. The third kappa shape index (κ3) is 3.47. The van der Waals surface area contributed by atoms with Crippen molar-refractivity contribution in [3.8, 4) is 0 Å². The standard InChI is InChI=1S/C12H13BrN4O2S/c1-16(6-12-2-8(13)7-20-12)10-3-9(15-14)4-11(5-10)17(18)19/h2-5,7,15H,6,14H2,1H3. The van der Waals surface area contributed by atoms with Crippen LogP contribution in [0.1, 0.15) is 4.88 Å². The lowest BCUT2D eigenvalue weighted by molar-refractivity contribution is -0.384. The molecule has 3 N–H and O–H groups in total. The van der Waals surface area contributed by atoms with Crippen molar-refractivity contribution in [1.29, 1.82) is 0 Å². The van der Waals surface area contributed by atoms with Crippen LogP contribution < -0.4 is 16.2 Å². The molecule has 6 nitrogen and oxygen atoms in total. The predicted octanol–water partition coefficient (Wildman–Crippen LogP) is 3.34. The van der Waals surface area contributed by atoms with Gasteiger partial charge in [0.25, 0.3) is 5.69 Å². The summed E-state index contributed by atoms with van der Waals surface area (Å²) >= 11 is 5.04. The summed E-state index contributed by atoms with van der Waals surface area (Å²) in [6, 6.07) is 6.73. The lowest BCUT2D eigenvalue weighted by Crippen LogP contribution is -2.16. The Morgan fingerprint density at radius 3 is 2.75 bits per heavy atom. The summed E-state index contributed by atoms with van der Waals surface area (Å²) < 4.78 is 1.04. The third-order valence-electron chi connectivity index (χ3n) is 2.74. The minimum absolute atomic E-state index is 0.00894. The van der Waals surface area contributed by atoms with Crippen LogP contribution in [0.4, 0.5) is 17.1 Å². The van der Waals surface area contributed by atoms with Gasteiger partial charge in [0.1, 0.15) is 0 Å². The molecule has 0 aliphatic heterocycles. The predicted molar refractivity (Wildman–Crippen MR) is 85.0 cm³/mol. The molecule has 106 valence electrons. The number of anilines is 2. The smallest absolute Gasteiger partial charge is 0.273 e. The van der Waals surface area contributed by atoms with E-state index in [1.165, 1.54) is 12.1 Å². The second kappa shape index (κ2) is 6.21. The van der Waals surface area contributed by atoms with Gasteiger partial charge in [0, 0.05) is 39.6 Å². The Morgan fingerprint density at radius 1 is 1.45 bits per heavy atom. The van der Waals surface area contributed by atoms with E-state index in [2.05, 4.69) is 21.4 Å². The summed E-state index contributed by atoms with van der Waals surface area (Å²) in [5.74, 6) is 5.35. The summed E-state index contributed by atoms with van der Waals surface area (Å²) in [4.78, 5) is 13.6. The number of nitro groups is 1. The highest BCUT2D eigenvalue weighted by Crippen LogP contribution is 2.28. The Labute approximate surface area is 128 Å². The van der Waals surface area contributed by atoms with Crippen molar-refractivity contribution >= 4 is 44.3 Å². The molecule has 0 unspecified atom stereocenters. The molecule has 0 atom stereocenters. The Morgan fingerprint density at radius 2 is 2.20 bits per heavy atom. The maximum atomic E-state index is 10.9. The van der Waals surface area contributed by atoms with Crippen molar-refractivity contribution in [2.75, 3.05) is 17.4 Å². The lowest BCUT2D eigenvalue weighted by atomic mass is 10.2. The molecule has 2 aromatic rings. The monoisotopic (exact) mass is 356 g/mol. The Balaban J connectivity index is 2.26. The highest BCUT2D eigenvalue weighted by molar-refractivity contribution is 9.10. The van der Waals surface area contributed by atoms with Gasteiger partial charge in [-0.3, -0.25) is 16.0 Å². The molecular formula is C12H13BrN4O2S. The number of hydrogen-bond acceptors (Lipinski definition) is 6. The van der Waals surface area contributed by atoms with Gasteiger partial charge >= 0.3 is 0 Å². The first-order valence-electron chi connectivity index (χ1n) is 5.69. The number of nitrogens with zero attached hydrogens (tertiary/aromatic N) is 2. The number of nitrogens with two attached hydrogens (primary N) is 1. The number of nitrogen functional groups attached to an aromatic ring is 1. The Hall–Kier alpha value is -1.64. The fourth-order valence-corrected chi connectivity index (χ4v) is 3.27. The molecule has 0 aliphatic rings. The van der Waals surface area contributed by atoms with Crippen LogP contribution in [0, 0.1) is 10.1 Å². The van der Waals surface area contributed by atoms with E-state index in [-0.39, 0.29) is 5.69 Å². The van der Waals surface area contributed by atoms with Crippen molar-refractivity contribution < 1.29 is 4.92 Å². The fraction of sp³-hybridized carbons (Fsp3) is 0.167. The second-order valence-electron chi connectivity index (χ2n) is 4.23. The van der Waals surface area contributed by atoms with Crippen LogP contribution in [0.3, 0.4) is 0 Å². The van der Waals surface area contributed by atoms with Crippen LogP contribution in [0.15, 0.2) is 34.1 Å². The highest BCUT2D eigenvalue weighted by Gasteiger charge is 2.12. The van der Waals surface area contributed by atoms with Gasteiger partial charge in [0.05, 0.1) is 17.2 Å². The SMILES string of the molecule is CN(Cc1cc(Br)cs1)c1cc(NN)cc([N+](=O)[O-])c1. The minimum atomic E-state index is -0.431. The number of non-ortho nitro benzene ring substituents is 1. The van der Waals surface area contributed by atoms with Crippen molar-refractivity contribution in [2.45, 2.75) is 6.54 Å². The maximum Gasteiger partial charge on any atom is 0.273 e. The van der Waals surface area contributed by atoms with E-state index < -0.39 is 4.92 Å². The first-order chi connectivity index (χ1) is 9.49. The molecule has 0 saturated heterocycles. The van der Waals surface area contributed by atoms with Gasteiger partial charge in [0.2, 0.25) is 0 Å². The average Bonchev–Trinajstić information content (AvgIpc) is 2.83. The molecular weight excluding hydrogens is 344 g/mol. The molecule has 0 bridgehead atoms. The van der Waals surface area contributed by atoms with Crippen LogP contribution in [-0.2, 0) is 6.54 Å². The third-order valence-corrected chi connectivity index (χ3v) is 4.42. The average molecular weight is 357 g/mol. The largest absolute Gasteiger partial charge is 0.369 e. The number of thiophene rings is 1. The summed E-state index contributed by atoms with van der Waals surface area (Å²) in [6.45, 7) is 0.668. The molecule has 20 heavy (non-hydrogen) atoms. The molecule has 0 fully saturated rings. The molecule has 0 saturated carbocycles. The first-order valence-corrected chi connectivity index (χ1v) is 7.37. The zero-order chi connectivity index (χ0) is 14.7. The first kappa shape index (κ1) is 14.8. The van der Waals surface area contributed by atoms with Gasteiger partial charge in [-0.1, -0.05) is 0 Å². The van der Waals surface area contributed by atoms with E-state index in [4.69, 9.17) is 5.84 Å². The van der Waals surface area contributed by atoms with Crippen LogP contribution in [-0.4, -0.2) is 12.0 Å². The Kier molecular flexibility index (Phi) is 4.58. The molecule has 8 heteroatoms. The van der Waals surface area contributed by atoms with Crippen LogP contribution >= 0.6 is 27.3 Å². The summed E-state index contributed by atoms with van der Waals surface area (Å²) in [6.07, 6.45) is 0. The molecule has 0 aliphatic carbocycles. The topological polar surface area (TPSA) is 84.4 Å². The Bertz CT molecular complexity index is 632. The quantitative estimate of drug-likeness (QED) is 0.487. The van der Waals surface area contributed by atoms with E-state index in [0.29, 0.717) is 12.2 Å². The van der Waals surface area contributed by atoms with Crippen molar-refractivity contribution in [2.24, 2.45) is 5.84 Å². The number of rotatable bonds is 5. The van der Waals surface area contributed by atoms with Crippen molar-refractivity contribution in [3.63, 3.8) is 0 Å². The maximum absolute atomic E-state index is 10.9. The van der Waals surface area contributed by atoms with E-state index in [1.807, 2.05) is 23.4 Å². The molecule has 0 spiro atoms. The number of hydrogen-bond donors (Lipinski definition) is 2. The van der Waals surface area contributed by atoms with E-state index in [0.717, 1.165) is 15.0 Å². The van der Waals surface area contributed by atoms with Gasteiger partial charge in [-0.25, -0.2) is 0 Å². The van der Waals surface area contributed by atoms with Crippen molar-refractivity contribution in [3.05, 3.63) is 49.1 Å². The zero-order valence-corrected chi connectivity index (χ0v) is 13.1. The number of nitro benzene ring substituents is 1. The summed E-state index contributed by atoms with van der Waals surface area (Å²) in [5, 5.41) is 12.9.